The Balaban J connectivity index is 1.52. The molecule has 2 aromatic rings. The van der Waals surface area contributed by atoms with Gasteiger partial charge in [-0.05, 0) is 105 Å². The number of fused-ring (bicyclic) bond motifs is 1. The third-order valence-corrected chi connectivity index (χ3v) is 7.09. The van der Waals surface area contributed by atoms with Crippen LogP contribution in [-0.2, 0) is 0 Å². The minimum atomic E-state index is -3.18. The molecular weight excluding hydrogens is 423 g/mol. The molecule has 2 fully saturated rings. The van der Waals surface area contributed by atoms with E-state index >= 15 is 0 Å². The zero-order chi connectivity index (χ0) is 22.8. The van der Waals surface area contributed by atoms with Crippen LogP contribution in [0.5, 0.6) is 5.75 Å². The van der Waals surface area contributed by atoms with Crippen molar-refractivity contribution in [2.24, 2.45) is 17.8 Å². The molecule has 0 bridgehead atoms. The van der Waals surface area contributed by atoms with E-state index in [1.54, 1.807) is 0 Å². The van der Waals surface area contributed by atoms with E-state index in [2.05, 4.69) is 23.8 Å². The predicted octanol–water partition coefficient (Wildman–Crippen LogP) is 8.25. The van der Waals surface area contributed by atoms with Crippen LogP contribution in [0.2, 0.25) is 0 Å². The van der Waals surface area contributed by atoms with E-state index in [9.17, 15) is 22.0 Å². The van der Waals surface area contributed by atoms with Gasteiger partial charge in [-0.25, -0.2) is 13.2 Å². The SMILES string of the molecule is C/C=C/C1CCC2CC(c3cc(F)c(-c4ccc(OC(F)F)c(F)c4)c(F)c3)CCC2C1. The van der Waals surface area contributed by atoms with Gasteiger partial charge < -0.3 is 4.74 Å². The first kappa shape index (κ1) is 22.8. The fourth-order valence-electron chi connectivity index (χ4n) is 5.63. The second-order valence-electron chi connectivity index (χ2n) is 9.01. The lowest BCUT2D eigenvalue weighted by Gasteiger charge is -2.42. The standard InChI is InChI=1S/C26H27F5O/c1-2-3-15-4-5-17-11-18(7-6-16(17)10-15)20-13-22(28)25(23(29)14-20)19-8-9-24(21(27)12-19)32-26(30)31/h2-3,8-9,12-18,26H,4-7,10-11H2,1H3/b3-2+. The fraction of sp³-hybridized carbons (Fsp3) is 0.462. The molecule has 0 amide bonds. The maximum atomic E-state index is 14.9. The summed E-state index contributed by atoms with van der Waals surface area (Å²) in [6.45, 7) is -1.13. The molecule has 1 nitrogen and oxygen atoms in total. The van der Waals surface area contributed by atoms with Gasteiger partial charge in [0.15, 0.2) is 11.6 Å². The van der Waals surface area contributed by atoms with Gasteiger partial charge in [0.05, 0.1) is 5.56 Å². The summed E-state index contributed by atoms with van der Waals surface area (Å²) >= 11 is 0. The van der Waals surface area contributed by atoms with Crippen LogP contribution >= 0.6 is 0 Å². The van der Waals surface area contributed by atoms with Crippen LogP contribution in [0.25, 0.3) is 11.1 Å². The van der Waals surface area contributed by atoms with Crippen LogP contribution < -0.4 is 4.74 Å². The summed E-state index contributed by atoms with van der Waals surface area (Å²) in [6, 6.07) is 5.63. The number of rotatable bonds is 5. The van der Waals surface area contributed by atoms with Gasteiger partial charge in [0.25, 0.3) is 0 Å². The van der Waals surface area contributed by atoms with E-state index in [1.165, 1.54) is 24.6 Å². The molecular formula is C26H27F5O. The van der Waals surface area contributed by atoms with Gasteiger partial charge in [-0.1, -0.05) is 18.2 Å². The molecule has 32 heavy (non-hydrogen) atoms. The van der Waals surface area contributed by atoms with Crippen molar-refractivity contribution in [1.82, 2.24) is 0 Å². The zero-order valence-electron chi connectivity index (χ0n) is 18.0. The van der Waals surface area contributed by atoms with E-state index in [0.717, 1.165) is 44.2 Å². The second kappa shape index (κ2) is 9.63. The summed E-state index contributed by atoms with van der Waals surface area (Å²) in [6.07, 6.45) is 10.8. The molecule has 6 heteroatoms. The number of alkyl halides is 2. The van der Waals surface area contributed by atoms with Gasteiger partial charge in [-0.2, -0.15) is 8.78 Å². The average Bonchev–Trinajstić information content (AvgIpc) is 2.74. The molecule has 2 saturated carbocycles. The number of hydrogen-bond acceptors (Lipinski definition) is 1. The lowest BCUT2D eigenvalue weighted by molar-refractivity contribution is -0.0521. The summed E-state index contributed by atoms with van der Waals surface area (Å²) in [7, 11) is 0. The molecule has 0 heterocycles. The Morgan fingerprint density at radius 2 is 1.56 bits per heavy atom. The first-order chi connectivity index (χ1) is 15.4. The van der Waals surface area contributed by atoms with Crippen molar-refractivity contribution < 1.29 is 26.7 Å². The molecule has 0 saturated heterocycles. The molecule has 2 aliphatic rings. The molecule has 0 aliphatic heterocycles. The van der Waals surface area contributed by atoms with Crippen molar-refractivity contribution in [3.63, 3.8) is 0 Å². The van der Waals surface area contributed by atoms with Gasteiger partial charge in [-0.15, -0.1) is 0 Å². The van der Waals surface area contributed by atoms with Crippen LogP contribution in [0.4, 0.5) is 22.0 Å². The van der Waals surface area contributed by atoms with E-state index in [-0.39, 0.29) is 17.0 Å². The highest BCUT2D eigenvalue weighted by atomic mass is 19.3. The monoisotopic (exact) mass is 450 g/mol. The van der Waals surface area contributed by atoms with Crippen molar-refractivity contribution in [3.8, 4) is 16.9 Å². The van der Waals surface area contributed by atoms with Gasteiger partial charge >= 0.3 is 6.61 Å². The Hall–Kier alpha value is -2.37. The van der Waals surface area contributed by atoms with Gasteiger partial charge in [-0.3, -0.25) is 0 Å². The normalized spacial score (nSPS) is 25.8. The fourth-order valence-corrected chi connectivity index (χ4v) is 5.63. The van der Waals surface area contributed by atoms with Crippen LogP contribution in [0, 0.1) is 35.2 Å². The first-order valence-corrected chi connectivity index (χ1v) is 11.2. The highest BCUT2D eigenvalue weighted by Crippen LogP contribution is 2.48. The van der Waals surface area contributed by atoms with Crippen LogP contribution in [0.1, 0.15) is 56.9 Å². The molecule has 172 valence electrons. The van der Waals surface area contributed by atoms with E-state index in [1.807, 2.05) is 0 Å². The number of ether oxygens (including phenoxy) is 1. The first-order valence-electron chi connectivity index (χ1n) is 11.2. The van der Waals surface area contributed by atoms with Crippen LogP contribution in [0.3, 0.4) is 0 Å². The average molecular weight is 450 g/mol. The molecule has 2 aliphatic carbocycles. The third kappa shape index (κ3) is 4.84. The molecule has 4 atom stereocenters. The maximum absolute atomic E-state index is 14.9. The lowest BCUT2D eigenvalue weighted by Crippen LogP contribution is -2.30. The van der Waals surface area contributed by atoms with Crippen molar-refractivity contribution in [1.29, 1.82) is 0 Å². The third-order valence-electron chi connectivity index (χ3n) is 7.09. The molecule has 0 N–H and O–H groups in total. The van der Waals surface area contributed by atoms with Crippen LogP contribution in [0.15, 0.2) is 42.5 Å². The Morgan fingerprint density at radius 3 is 2.22 bits per heavy atom. The van der Waals surface area contributed by atoms with Crippen molar-refractivity contribution in [2.75, 3.05) is 0 Å². The molecule has 4 rings (SSSR count). The lowest BCUT2D eigenvalue weighted by atomic mass is 9.64. The summed E-state index contributed by atoms with van der Waals surface area (Å²) in [5.41, 5.74) is 0.212. The van der Waals surface area contributed by atoms with Crippen molar-refractivity contribution in [2.45, 2.75) is 58.0 Å². The minimum Gasteiger partial charge on any atom is -0.432 e. The molecule has 4 unspecified atom stereocenters. The topological polar surface area (TPSA) is 9.23 Å². The van der Waals surface area contributed by atoms with Crippen LogP contribution in [-0.4, -0.2) is 6.61 Å². The highest BCUT2D eigenvalue weighted by molar-refractivity contribution is 5.66. The summed E-state index contributed by atoms with van der Waals surface area (Å²) in [5, 5.41) is 0. The van der Waals surface area contributed by atoms with Gasteiger partial charge in [0.2, 0.25) is 0 Å². The van der Waals surface area contributed by atoms with Gasteiger partial charge in [0.1, 0.15) is 11.6 Å². The highest BCUT2D eigenvalue weighted by Gasteiger charge is 2.35. The van der Waals surface area contributed by atoms with E-state index in [0.29, 0.717) is 23.3 Å². The maximum Gasteiger partial charge on any atom is 0.387 e. The number of benzene rings is 2. The summed E-state index contributed by atoms with van der Waals surface area (Å²) in [5.74, 6) is -1.32. The van der Waals surface area contributed by atoms with E-state index < -0.39 is 29.8 Å². The molecule has 0 spiro atoms. The summed E-state index contributed by atoms with van der Waals surface area (Å²) in [4.78, 5) is 0. The summed E-state index contributed by atoms with van der Waals surface area (Å²) < 4.78 is 72.6. The zero-order valence-corrected chi connectivity index (χ0v) is 18.0. The number of halogens is 5. The number of hydrogen-bond donors (Lipinski definition) is 0. The van der Waals surface area contributed by atoms with Crippen molar-refractivity contribution in [3.05, 3.63) is 65.5 Å². The Kier molecular flexibility index (Phi) is 6.87. The quantitative estimate of drug-likeness (QED) is 0.329. The molecule has 2 aromatic carbocycles. The molecule has 0 aromatic heterocycles. The Morgan fingerprint density at radius 1 is 0.875 bits per heavy atom. The largest absolute Gasteiger partial charge is 0.432 e. The smallest absolute Gasteiger partial charge is 0.387 e. The Labute approximate surface area is 185 Å². The minimum absolute atomic E-state index is 0.0586. The number of allylic oxidation sites excluding steroid dienone is 2. The van der Waals surface area contributed by atoms with E-state index in [4.69, 9.17) is 0 Å². The predicted molar refractivity (Wildman–Crippen MR) is 114 cm³/mol. The van der Waals surface area contributed by atoms with Gasteiger partial charge in [0, 0.05) is 0 Å². The molecule has 0 radical (unpaired) electrons. The Bertz CT molecular complexity index is 963. The van der Waals surface area contributed by atoms with Crippen molar-refractivity contribution >= 4 is 0 Å². The second-order valence-corrected chi connectivity index (χ2v) is 9.01.